The van der Waals surface area contributed by atoms with Gasteiger partial charge in [-0.05, 0) is 180 Å². The summed E-state index contributed by atoms with van der Waals surface area (Å²) in [5, 5.41) is 44.6. The fraction of sp³-hybridized carbons (Fsp3) is 0.0777. The molecule has 20 aromatic rings. The third-order valence-electron chi connectivity index (χ3n) is 20.7. The highest BCUT2D eigenvalue weighted by atomic mass is 19.1. The van der Waals surface area contributed by atoms with E-state index >= 15 is 0 Å². The van der Waals surface area contributed by atoms with E-state index in [0.29, 0.717) is 125 Å². The number of benzene rings is 9. The first-order chi connectivity index (χ1) is 70.3. The smallest absolute Gasteiger partial charge is 0.310 e. The van der Waals surface area contributed by atoms with Gasteiger partial charge in [-0.1, -0.05) is 121 Å². The van der Waals surface area contributed by atoms with Crippen LogP contribution in [0.5, 0.6) is 0 Å². The number of aromatic amines is 12. The number of tetrazole rings is 2. The monoisotopic (exact) mass is 1960 g/mol. The molecule has 0 saturated carbocycles. The topological polar surface area (TPSA) is 554 Å². The maximum atomic E-state index is 12.7. The molecule has 0 spiro atoms. The Hall–Kier alpha value is -21.0. The molecule has 11 aromatic heterocycles. The first-order valence-electron chi connectivity index (χ1n) is 43.2. The molecule has 0 radical (unpaired) electrons. The Morgan fingerprint density at radius 1 is 0.288 bits per heavy atom. The third kappa shape index (κ3) is 28.8. The highest BCUT2D eigenvalue weighted by molar-refractivity contribution is 5.70. The standard InChI is InChI=1S/2C12H10N6O.2C12H9N3O.4C11H9FN2O.C11H7N3O2/c1-7-6-13-10(14-12(7)19)8-2-4-9(5-3-8)11-15-17-18-16-11;1-7-6-13-10(14-12(7)19)8-3-2-4-9(5-8)11-15-17-18-16-11;1-8-7-14-11(15-12(8)16)9-3-5-10(13-2)6-4-9;1-8-7-14-11(15-12(8)16)9-4-3-5-10(6-9)13-2;1-7-10(13-6-14-11(7)15)8-2-4-9(12)5-3-8;1-7-10(6-13-14-11(7)15)8-2-4-9(12)5-3-8;1-7-6-13-10(14-11(7)15)8-2-4-9(12)5-3-8;1-7-6-10(13-14-11(7)15)8-2-4-9(12)5-3-8;1-12-8-4-2-7(3-5-8)9-6-10(15)11(16)14-13-9/h2*2-6H,1H3,(H,13,14,19)(H,15,16,17,18);2*3-7H,1H3,(H,14,15,16);2-6H,1H3,(H,13,14,15);2-6H,1H3,(H,14,15);2-6H,1H3,(H,13,14,15);2-6H,1H3,(H,14,15);2-6H,(H,13,15)(H,14,16). The summed E-state index contributed by atoms with van der Waals surface area (Å²) in [5.41, 5.74) is 14.5. The van der Waals surface area contributed by atoms with E-state index in [-0.39, 0.29) is 67.7 Å². The van der Waals surface area contributed by atoms with Crippen molar-refractivity contribution >= 4 is 17.1 Å². The lowest BCUT2D eigenvalue weighted by Gasteiger charge is -2.03. The number of hydrogen-bond acceptors (Lipinski definition) is 24. The van der Waals surface area contributed by atoms with Crippen LogP contribution in [0.3, 0.4) is 0 Å². The van der Waals surface area contributed by atoms with Gasteiger partial charge in [-0.2, -0.15) is 20.6 Å². The van der Waals surface area contributed by atoms with Crippen LogP contribution in [0.2, 0.25) is 0 Å². The summed E-state index contributed by atoms with van der Waals surface area (Å²) < 4.78 is 50.7. The molecule has 0 fully saturated rings. The molecule has 0 atom stereocenters. The van der Waals surface area contributed by atoms with Crippen LogP contribution >= 0.6 is 0 Å². The molecule has 0 saturated heterocycles. The van der Waals surface area contributed by atoms with Crippen molar-refractivity contribution in [1.82, 2.24) is 132 Å². The summed E-state index contributed by atoms with van der Waals surface area (Å²) in [7, 11) is 0. The van der Waals surface area contributed by atoms with E-state index in [9.17, 15) is 65.5 Å². The molecule has 12 N–H and O–H groups in total. The van der Waals surface area contributed by atoms with Gasteiger partial charge < -0.3 is 29.9 Å². The molecule has 0 bridgehead atoms. The predicted octanol–water partition coefficient (Wildman–Crippen LogP) is 15.3. The zero-order valence-electron chi connectivity index (χ0n) is 78.2. The number of aryl methyl sites for hydroxylation is 6. The van der Waals surface area contributed by atoms with E-state index in [1.165, 1.54) is 79.5 Å². The minimum Gasteiger partial charge on any atom is -0.313 e. The average molecular weight is 1960 g/mol. The van der Waals surface area contributed by atoms with Crippen molar-refractivity contribution in [2.24, 2.45) is 0 Å². The summed E-state index contributed by atoms with van der Waals surface area (Å²) in [6.07, 6.45) is 10.6. The highest BCUT2D eigenvalue weighted by Gasteiger charge is 2.14. The molecule has 43 heteroatoms. The van der Waals surface area contributed by atoms with Crippen molar-refractivity contribution in [3.8, 4) is 125 Å². The first kappa shape index (κ1) is 104. The van der Waals surface area contributed by atoms with Crippen LogP contribution in [-0.4, -0.2) is 132 Å². The fourth-order valence-corrected chi connectivity index (χ4v) is 12.5. The molecule has 0 aliphatic heterocycles. The second-order valence-corrected chi connectivity index (χ2v) is 31.1. The van der Waals surface area contributed by atoms with E-state index in [2.05, 4.69) is 146 Å². The van der Waals surface area contributed by atoms with Crippen LogP contribution in [0.4, 0.5) is 34.6 Å². The van der Waals surface area contributed by atoms with Gasteiger partial charge in [0.1, 0.15) is 52.4 Å². The minimum absolute atomic E-state index is 0.132. The zero-order chi connectivity index (χ0) is 104. The van der Waals surface area contributed by atoms with Crippen molar-refractivity contribution in [3.63, 3.8) is 0 Å². The van der Waals surface area contributed by atoms with Crippen LogP contribution in [0.1, 0.15) is 44.5 Å². The van der Waals surface area contributed by atoms with Crippen molar-refractivity contribution in [2.75, 3.05) is 0 Å². The van der Waals surface area contributed by atoms with Crippen LogP contribution in [0.15, 0.2) is 322 Å². The lowest BCUT2D eigenvalue weighted by molar-refractivity contribution is 0.627. The Kier molecular flexibility index (Phi) is 35.5. The van der Waals surface area contributed by atoms with Crippen molar-refractivity contribution in [2.45, 2.75) is 55.4 Å². The molecule has 146 heavy (non-hydrogen) atoms. The van der Waals surface area contributed by atoms with E-state index in [1.54, 1.807) is 195 Å². The van der Waals surface area contributed by atoms with Crippen LogP contribution in [0.25, 0.3) is 139 Å². The van der Waals surface area contributed by atoms with Gasteiger partial charge in [0.25, 0.3) is 44.5 Å². The fourth-order valence-electron chi connectivity index (χ4n) is 12.5. The normalized spacial score (nSPS) is 10.2. The molecule has 0 unspecified atom stereocenters. The molecule has 726 valence electrons. The highest BCUT2D eigenvalue weighted by Crippen LogP contribution is 2.28. The first-order valence-corrected chi connectivity index (χ1v) is 43.2. The van der Waals surface area contributed by atoms with Crippen molar-refractivity contribution in [3.05, 3.63) is 479 Å². The number of halogens is 4. The Morgan fingerprint density at radius 2 is 0.664 bits per heavy atom. The molecule has 9 aromatic carbocycles. The van der Waals surface area contributed by atoms with E-state index in [4.69, 9.17) is 19.7 Å². The SMILES string of the molecule is Cc1c(-c2ccc(F)cc2)cn[nH]c1=O.Cc1c(-c2ccc(F)cc2)nc[nH]c1=O.Cc1cc(-c2ccc(F)cc2)n[nH]c1=O.Cc1cnc(-c2ccc(-c3nn[nH]n3)cc2)[nH]c1=O.Cc1cnc(-c2ccc(F)cc2)[nH]c1=O.Cc1cnc(-c2cccc(-c3nn[nH]n3)c2)[nH]c1=O.[C-]#[N+]c1ccc(-c2cc(=O)c(=O)[nH][nH]2)cc1.[C-]#[N+]c1ccc(-c2ncc(C)c(=O)[nH]2)cc1.[C-]#[N+]c1cccc(-c2ncc(C)c(=O)[nH]2)c1. The van der Waals surface area contributed by atoms with Gasteiger partial charge in [-0.3, -0.25) is 58.1 Å². The molecule has 39 nitrogen and oxygen atoms in total. The second-order valence-electron chi connectivity index (χ2n) is 31.1. The largest absolute Gasteiger partial charge is 0.313 e. The van der Waals surface area contributed by atoms with Gasteiger partial charge in [0.05, 0.1) is 49.3 Å². The quantitative estimate of drug-likeness (QED) is 0.0325. The van der Waals surface area contributed by atoms with Gasteiger partial charge in [-0.25, -0.2) is 72.2 Å². The van der Waals surface area contributed by atoms with E-state index < -0.39 is 11.0 Å². The Labute approximate surface area is 821 Å². The van der Waals surface area contributed by atoms with Gasteiger partial charge in [-0.15, -0.1) is 20.4 Å². The van der Waals surface area contributed by atoms with Crippen LogP contribution in [-0.2, 0) is 0 Å². The van der Waals surface area contributed by atoms with Gasteiger partial charge in [0.15, 0.2) is 17.1 Å². The maximum Gasteiger partial charge on any atom is 0.310 e. The summed E-state index contributed by atoms with van der Waals surface area (Å²) >= 11 is 0. The number of hydrogen-bond donors (Lipinski definition) is 12. The molecular weight excluding hydrogens is 1880 g/mol. The molecule has 20 rings (SSSR count). The average Bonchev–Trinajstić information content (AvgIpc) is 1.51. The lowest BCUT2D eigenvalue weighted by Crippen LogP contribution is -2.26. The predicted molar refractivity (Wildman–Crippen MR) is 538 cm³/mol. The molecule has 0 aliphatic rings. The van der Waals surface area contributed by atoms with E-state index in [1.807, 2.05) is 54.6 Å². The number of H-pyrrole nitrogens is 12. The zero-order valence-corrected chi connectivity index (χ0v) is 78.2. The van der Waals surface area contributed by atoms with Gasteiger partial charge >= 0.3 is 5.56 Å². The van der Waals surface area contributed by atoms with Gasteiger partial charge in [0.2, 0.25) is 17.1 Å². The Morgan fingerprint density at radius 3 is 1.08 bits per heavy atom. The third-order valence-corrected chi connectivity index (χ3v) is 20.7. The lowest BCUT2D eigenvalue weighted by atomic mass is 10.0. The van der Waals surface area contributed by atoms with Crippen molar-refractivity contribution in [1.29, 1.82) is 0 Å². The summed E-state index contributed by atoms with van der Waals surface area (Å²) in [6.45, 7) is 34.2. The maximum absolute atomic E-state index is 12.7. The number of nitrogens with zero attached hydrogens (tertiary/aromatic N) is 17. The van der Waals surface area contributed by atoms with Crippen LogP contribution in [0, 0.1) is 98.4 Å². The second kappa shape index (κ2) is 49.9. The molecule has 11 heterocycles. The number of rotatable bonds is 11. The van der Waals surface area contributed by atoms with Crippen LogP contribution < -0.4 is 55.5 Å². The van der Waals surface area contributed by atoms with Gasteiger partial charge in [0, 0.05) is 137 Å². The molecular formula is C103H81F4N29O10. The summed E-state index contributed by atoms with van der Waals surface area (Å²) in [5.74, 6) is 2.33. The molecule has 0 aliphatic carbocycles. The molecule has 0 amide bonds. The van der Waals surface area contributed by atoms with Crippen molar-refractivity contribution < 1.29 is 17.6 Å². The Balaban J connectivity index is 0.000000146. The number of aromatic nitrogens is 26. The number of nitrogens with one attached hydrogen (secondary N) is 12. The summed E-state index contributed by atoms with van der Waals surface area (Å²) in [6, 6.07) is 61.9. The Bertz CT molecular complexity index is 8640. The van der Waals surface area contributed by atoms with E-state index in [0.717, 1.165) is 61.2 Å². The minimum atomic E-state index is -0.679. The summed E-state index contributed by atoms with van der Waals surface area (Å²) in [4.78, 5) is 164.